The number of fused-ring (bicyclic) bond motifs is 1. The van der Waals surface area contributed by atoms with E-state index in [1.54, 1.807) is 6.07 Å². The lowest BCUT2D eigenvalue weighted by Crippen LogP contribution is -2.49. The standard InChI is InChI=1S/C25H24Br2N4O4S/c1-14-3-4-15(2)19(11-14)28-21(32)9-10-22(33)30-31-25(36)29-23(34)13-35-20-8-5-16-12-17(26)6-7-18(16)24(20)27/h3-8,11-12H,9-10,13H2,1-2H3,(H,28,32)(H,30,33)(H2,29,31,34,36). The molecule has 0 aliphatic heterocycles. The smallest absolute Gasteiger partial charge is 0.264 e. The summed E-state index contributed by atoms with van der Waals surface area (Å²) in [5.74, 6) is -0.728. The predicted octanol–water partition coefficient (Wildman–Crippen LogP) is 4.80. The van der Waals surface area contributed by atoms with Crippen molar-refractivity contribution in [2.45, 2.75) is 26.7 Å². The number of hydrogen-bond donors (Lipinski definition) is 4. The van der Waals surface area contributed by atoms with Crippen LogP contribution in [0.2, 0.25) is 0 Å². The molecule has 0 bridgehead atoms. The summed E-state index contributed by atoms with van der Waals surface area (Å²) in [6.07, 6.45) is -0.0681. The summed E-state index contributed by atoms with van der Waals surface area (Å²) in [5, 5.41) is 7.08. The van der Waals surface area contributed by atoms with E-state index in [1.165, 1.54) is 0 Å². The molecule has 3 rings (SSSR count). The highest BCUT2D eigenvalue weighted by molar-refractivity contribution is 9.11. The van der Waals surface area contributed by atoms with E-state index in [0.29, 0.717) is 11.4 Å². The van der Waals surface area contributed by atoms with Crippen molar-refractivity contribution in [1.82, 2.24) is 16.2 Å². The third-order valence-corrected chi connectivity index (χ3v) is 6.57. The van der Waals surface area contributed by atoms with Gasteiger partial charge in [-0.2, -0.15) is 0 Å². The molecule has 0 aliphatic rings. The maximum absolute atomic E-state index is 12.2. The number of halogens is 2. The number of amides is 3. The Kier molecular flexibility index (Phi) is 9.80. The summed E-state index contributed by atoms with van der Waals surface area (Å²) in [5.41, 5.74) is 7.48. The largest absolute Gasteiger partial charge is 0.483 e. The van der Waals surface area contributed by atoms with E-state index in [1.807, 2.05) is 56.3 Å². The second-order valence-electron chi connectivity index (χ2n) is 7.95. The first kappa shape index (κ1) is 27.6. The fourth-order valence-electron chi connectivity index (χ4n) is 3.19. The van der Waals surface area contributed by atoms with Crippen molar-refractivity contribution in [3.05, 3.63) is 68.6 Å². The van der Waals surface area contributed by atoms with Gasteiger partial charge in [0.15, 0.2) is 11.7 Å². The van der Waals surface area contributed by atoms with Crippen molar-refractivity contribution >= 4 is 83.4 Å². The first-order valence-corrected chi connectivity index (χ1v) is 12.9. The van der Waals surface area contributed by atoms with Crippen molar-refractivity contribution < 1.29 is 19.1 Å². The van der Waals surface area contributed by atoms with Crippen LogP contribution in [0.1, 0.15) is 24.0 Å². The van der Waals surface area contributed by atoms with Gasteiger partial charge in [0.1, 0.15) is 5.75 Å². The van der Waals surface area contributed by atoms with Crippen LogP contribution < -0.4 is 26.2 Å². The van der Waals surface area contributed by atoms with Crippen molar-refractivity contribution in [2.75, 3.05) is 11.9 Å². The first-order chi connectivity index (χ1) is 17.1. The van der Waals surface area contributed by atoms with Gasteiger partial charge in [-0.25, -0.2) is 0 Å². The van der Waals surface area contributed by atoms with Gasteiger partial charge in [0.25, 0.3) is 5.91 Å². The zero-order valence-electron chi connectivity index (χ0n) is 19.5. The number of hydrogen-bond acceptors (Lipinski definition) is 5. The molecule has 3 amide bonds. The zero-order valence-corrected chi connectivity index (χ0v) is 23.5. The van der Waals surface area contributed by atoms with Gasteiger partial charge >= 0.3 is 0 Å². The number of nitrogens with one attached hydrogen (secondary N) is 4. The Morgan fingerprint density at radius 1 is 0.889 bits per heavy atom. The summed E-state index contributed by atoms with van der Waals surface area (Å²) in [7, 11) is 0. The van der Waals surface area contributed by atoms with Crippen LogP contribution in [0.15, 0.2) is 57.5 Å². The fraction of sp³-hybridized carbons (Fsp3) is 0.200. The third-order valence-electron chi connectivity index (χ3n) is 5.05. The second-order valence-corrected chi connectivity index (χ2v) is 10.1. The summed E-state index contributed by atoms with van der Waals surface area (Å²) in [6, 6.07) is 15.2. The Morgan fingerprint density at radius 3 is 2.42 bits per heavy atom. The highest BCUT2D eigenvalue weighted by Gasteiger charge is 2.12. The molecule has 0 saturated carbocycles. The number of anilines is 1. The van der Waals surface area contributed by atoms with Crippen LogP contribution in [0.4, 0.5) is 5.69 Å². The van der Waals surface area contributed by atoms with E-state index in [0.717, 1.165) is 30.8 Å². The molecule has 4 N–H and O–H groups in total. The van der Waals surface area contributed by atoms with Crippen LogP contribution in [-0.4, -0.2) is 29.4 Å². The average Bonchev–Trinajstić information content (AvgIpc) is 2.83. The lowest BCUT2D eigenvalue weighted by Gasteiger charge is -2.13. The second kappa shape index (κ2) is 12.8. The summed E-state index contributed by atoms with van der Waals surface area (Å²) < 4.78 is 7.30. The van der Waals surface area contributed by atoms with Crippen LogP contribution in [0.25, 0.3) is 10.8 Å². The van der Waals surface area contributed by atoms with Gasteiger partial charge in [-0.15, -0.1) is 0 Å². The summed E-state index contributed by atoms with van der Waals surface area (Å²) >= 11 is 12.0. The minimum Gasteiger partial charge on any atom is -0.483 e. The zero-order chi connectivity index (χ0) is 26.2. The molecular formula is C25H24Br2N4O4S. The fourth-order valence-corrected chi connectivity index (χ4v) is 4.34. The Bertz CT molecular complexity index is 1330. The average molecular weight is 636 g/mol. The SMILES string of the molecule is Cc1ccc(C)c(NC(=O)CCC(=O)NNC(=S)NC(=O)COc2ccc3cc(Br)ccc3c2Br)c1. The van der Waals surface area contributed by atoms with Gasteiger partial charge in [0, 0.05) is 23.0 Å². The molecular weight excluding hydrogens is 612 g/mol. The molecule has 0 saturated heterocycles. The van der Waals surface area contributed by atoms with Gasteiger partial charge < -0.3 is 10.1 Å². The maximum atomic E-state index is 12.2. The Labute approximate surface area is 230 Å². The minimum atomic E-state index is -0.502. The Hall–Kier alpha value is -3.02. The number of ether oxygens (including phenoxy) is 1. The quantitative estimate of drug-likeness (QED) is 0.219. The van der Waals surface area contributed by atoms with Crippen LogP contribution >= 0.6 is 44.1 Å². The molecule has 0 aliphatic carbocycles. The van der Waals surface area contributed by atoms with Crippen molar-refractivity contribution in [3.8, 4) is 5.75 Å². The van der Waals surface area contributed by atoms with Crippen molar-refractivity contribution in [2.24, 2.45) is 0 Å². The number of rotatable bonds is 7. The van der Waals surface area contributed by atoms with E-state index in [-0.39, 0.29) is 30.5 Å². The third kappa shape index (κ3) is 8.00. The lowest BCUT2D eigenvalue weighted by molar-refractivity contribution is -0.125. The molecule has 0 spiro atoms. The van der Waals surface area contributed by atoms with Crippen LogP contribution in [-0.2, 0) is 14.4 Å². The maximum Gasteiger partial charge on any atom is 0.264 e. The highest BCUT2D eigenvalue weighted by Crippen LogP contribution is 2.34. The molecule has 0 atom stereocenters. The highest BCUT2D eigenvalue weighted by atomic mass is 79.9. The molecule has 3 aromatic rings. The van der Waals surface area contributed by atoms with Crippen LogP contribution in [0, 0.1) is 13.8 Å². The van der Waals surface area contributed by atoms with Gasteiger partial charge in [-0.1, -0.05) is 40.2 Å². The van der Waals surface area contributed by atoms with Crippen LogP contribution in [0.3, 0.4) is 0 Å². The number of benzene rings is 3. The van der Waals surface area contributed by atoms with Crippen LogP contribution in [0.5, 0.6) is 5.75 Å². The number of carbonyl (C=O) groups excluding carboxylic acids is 3. The number of aryl methyl sites for hydroxylation is 2. The monoisotopic (exact) mass is 634 g/mol. The summed E-state index contributed by atoms with van der Waals surface area (Å²) in [6.45, 7) is 3.55. The topological polar surface area (TPSA) is 109 Å². The van der Waals surface area contributed by atoms with E-state index >= 15 is 0 Å². The molecule has 36 heavy (non-hydrogen) atoms. The van der Waals surface area contributed by atoms with E-state index in [9.17, 15) is 14.4 Å². The van der Waals surface area contributed by atoms with Crippen molar-refractivity contribution in [1.29, 1.82) is 0 Å². The molecule has 0 aromatic heterocycles. The first-order valence-electron chi connectivity index (χ1n) is 10.9. The molecule has 3 aromatic carbocycles. The normalized spacial score (nSPS) is 10.4. The predicted molar refractivity (Wildman–Crippen MR) is 151 cm³/mol. The molecule has 11 heteroatoms. The summed E-state index contributed by atoms with van der Waals surface area (Å²) in [4.78, 5) is 36.4. The molecule has 0 heterocycles. The van der Waals surface area contributed by atoms with E-state index in [4.69, 9.17) is 17.0 Å². The van der Waals surface area contributed by atoms with Gasteiger partial charge in [0.05, 0.1) is 4.47 Å². The van der Waals surface area contributed by atoms with Gasteiger partial charge in [-0.05, 0) is 88.2 Å². The Balaban J connectivity index is 1.38. The number of hydrazine groups is 1. The lowest BCUT2D eigenvalue weighted by atomic mass is 10.1. The van der Waals surface area contributed by atoms with E-state index in [2.05, 4.69) is 53.3 Å². The van der Waals surface area contributed by atoms with Crippen molar-refractivity contribution in [3.63, 3.8) is 0 Å². The molecule has 188 valence electrons. The molecule has 8 nitrogen and oxygen atoms in total. The molecule has 0 fully saturated rings. The minimum absolute atomic E-state index is 0.00849. The number of thiocarbonyl (C=S) groups is 1. The molecule has 0 unspecified atom stereocenters. The number of carbonyl (C=O) groups is 3. The Morgan fingerprint density at radius 2 is 1.64 bits per heavy atom. The van der Waals surface area contributed by atoms with Gasteiger partial charge in [-0.3, -0.25) is 30.6 Å². The van der Waals surface area contributed by atoms with E-state index < -0.39 is 11.8 Å². The molecule has 0 radical (unpaired) electrons. The van der Waals surface area contributed by atoms with Gasteiger partial charge in [0.2, 0.25) is 11.8 Å².